The molecule has 2 aromatic carbocycles. The Morgan fingerprint density at radius 2 is 1.94 bits per heavy atom. The van der Waals surface area contributed by atoms with Crippen molar-refractivity contribution in [2.45, 2.75) is 43.4 Å². The molecule has 2 amide bonds. The average molecular weight is 523 g/mol. The number of rotatable bonds is 5. The van der Waals surface area contributed by atoms with E-state index in [0.717, 1.165) is 12.1 Å². The molecule has 1 atom stereocenters. The van der Waals surface area contributed by atoms with Crippen LogP contribution in [0, 0.1) is 17.0 Å². The molecule has 2 N–H and O–H groups in total. The summed E-state index contributed by atoms with van der Waals surface area (Å²) in [5, 5.41) is 17.3. The van der Waals surface area contributed by atoms with Crippen LogP contribution < -0.4 is 10.6 Å². The van der Waals surface area contributed by atoms with Crippen LogP contribution >= 0.6 is 11.8 Å². The largest absolute Gasteiger partial charge is 0.416 e. The first-order valence-corrected chi connectivity index (χ1v) is 12.4. The average Bonchev–Trinajstić information content (AvgIpc) is 3.26. The zero-order chi connectivity index (χ0) is 26.1. The van der Waals surface area contributed by atoms with Crippen LogP contribution in [-0.4, -0.2) is 51.4 Å². The van der Waals surface area contributed by atoms with Gasteiger partial charge in [-0.25, -0.2) is 0 Å². The number of aryl methyl sites for hydroxylation is 1. The smallest absolute Gasteiger partial charge is 0.351 e. The maximum Gasteiger partial charge on any atom is 0.416 e. The number of halogens is 3. The van der Waals surface area contributed by atoms with Gasteiger partial charge in [-0.05, 0) is 43.5 Å². The van der Waals surface area contributed by atoms with Crippen LogP contribution in [0.4, 0.5) is 18.9 Å². The molecule has 4 rings (SSSR count). The normalized spacial score (nSPS) is 19.3. The quantitative estimate of drug-likeness (QED) is 0.456. The summed E-state index contributed by atoms with van der Waals surface area (Å²) in [5.41, 5.74) is 0.257. The van der Waals surface area contributed by atoms with Crippen LogP contribution in [0.5, 0.6) is 0 Å². The van der Waals surface area contributed by atoms with E-state index in [9.17, 15) is 32.9 Å². The van der Waals surface area contributed by atoms with Crippen molar-refractivity contribution in [3.05, 3.63) is 74.8 Å². The maximum absolute atomic E-state index is 12.9. The molecule has 2 heterocycles. The Bertz CT molecular complexity index is 1180. The molecule has 2 fully saturated rings. The monoisotopic (exact) mass is 522 g/mol. The molecule has 0 aromatic heterocycles. The third-order valence-electron chi connectivity index (χ3n) is 6.51. The van der Waals surface area contributed by atoms with Crippen molar-refractivity contribution < 1.29 is 27.7 Å². The first kappa shape index (κ1) is 26.0. The van der Waals surface area contributed by atoms with Crippen molar-refractivity contribution in [2.24, 2.45) is 0 Å². The van der Waals surface area contributed by atoms with E-state index in [1.165, 1.54) is 18.2 Å². The number of nitrogens with zero attached hydrogens (tertiary/aromatic N) is 2. The molecular formula is C24H25F3N4O4S. The van der Waals surface area contributed by atoms with E-state index in [-0.39, 0.29) is 34.5 Å². The second kappa shape index (κ2) is 10.1. The van der Waals surface area contributed by atoms with Crippen molar-refractivity contribution in [3.63, 3.8) is 0 Å². The summed E-state index contributed by atoms with van der Waals surface area (Å²) in [7, 11) is 0. The van der Waals surface area contributed by atoms with Gasteiger partial charge in [0, 0.05) is 42.6 Å². The van der Waals surface area contributed by atoms with E-state index in [1.54, 1.807) is 35.7 Å². The molecule has 0 radical (unpaired) electrons. The second-order valence-electron chi connectivity index (χ2n) is 8.97. The predicted molar refractivity (Wildman–Crippen MR) is 128 cm³/mol. The van der Waals surface area contributed by atoms with Crippen molar-refractivity contribution in [1.29, 1.82) is 0 Å². The van der Waals surface area contributed by atoms with Crippen LogP contribution in [0.2, 0.25) is 0 Å². The highest BCUT2D eigenvalue weighted by Crippen LogP contribution is 2.39. The number of alkyl halides is 3. The lowest BCUT2D eigenvalue weighted by Crippen LogP contribution is -2.54. The third-order valence-corrected chi connectivity index (χ3v) is 8.09. The number of nitrogens with one attached hydrogen (secondary N) is 2. The lowest BCUT2D eigenvalue weighted by atomic mass is 10.0. The Labute approximate surface area is 209 Å². The SMILES string of the molecule is Cc1ccc(C(=O)N2CCC3(CC2)NC(C(=O)NCc2cccc(C(F)(F)F)c2)CS3)cc1[N+](=O)[O-]. The molecule has 2 aliphatic heterocycles. The summed E-state index contributed by atoms with van der Waals surface area (Å²) in [5.74, 6) is -0.0550. The van der Waals surface area contributed by atoms with E-state index in [1.807, 2.05) is 0 Å². The van der Waals surface area contributed by atoms with Gasteiger partial charge in [0.05, 0.1) is 21.4 Å². The third kappa shape index (κ3) is 5.65. The molecule has 192 valence electrons. The van der Waals surface area contributed by atoms with E-state index in [2.05, 4.69) is 10.6 Å². The number of carbonyl (C=O) groups is 2. The van der Waals surface area contributed by atoms with Gasteiger partial charge in [-0.1, -0.05) is 18.2 Å². The summed E-state index contributed by atoms with van der Waals surface area (Å²) in [6.07, 6.45) is -3.26. The molecule has 1 spiro atoms. The Balaban J connectivity index is 1.30. The first-order chi connectivity index (χ1) is 17.0. The Hall–Kier alpha value is -3.12. The van der Waals surface area contributed by atoms with Gasteiger partial charge in [0.15, 0.2) is 0 Å². The first-order valence-electron chi connectivity index (χ1n) is 11.4. The highest BCUT2D eigenvalue weighted by molar-refractivity contribution is 8.01. The van der Waals surface area contributed by atoms with Crippen LogP contribution in [-0.2, 0) is 17.5 Å². The molecule has 36 heavy (non-hydrogen) atoms. The van der Waals surface area contributed by atoms with E-state index in [0.29, 0.717) is 42.8 Å². The van der Waals surface area contributed by atoms with Gasteiger partial charge in [-0.15, -0.1) is 11.8 Å². The van der Waals surface area contributed by atoms with Gasteiger partial charge in [-0.2, -0.15) is 13.2 Å². The number of nitro groups is 1. The number of benzene rings is 2. The molecule has 8 nitrogen and oxygen atoms in total. The van der Waals surface area contributed by atoms with Crippen molar-refractivity contribution in [3.8, 4) is 0 Å². The lowest BCUT2D eigenvalue weighted by Gasteiger charge is -2.39. The molecule has 0 saturated carbocycles. The number of carbonyl (C=O) groups excluding carboxylic acids is 2. The minimum atomic E-state index is -4.44. The van der Waals surface area contributed by atoms with Crippen LogP contribution in [0.15, 0.2) is 42.5 Å². The van der Waals surface area contributed by atoms with Gasteiger partial charge in [-0.3, -0.25) is 25.0 Å². The summed E-state index contributed by atoms with van der Waals surface area (Å²) in [6, 6.07) is 8.81. The van der Waals surface area contributed by atoms with E-state index in [4.69, 9.17) is 0 Å². The van der Waals surface area contributed by atoms with Gasteiger partial charge in [0.2, 0.25) is 5.91 Å². The molecular weight excluding hydrogens is 497 g/mol. The fourth-order valence-electron chi connectivity index (χ4n) is 4.44. The fraction of sp³-hybridized carbons (Fsp3) is 0.417. The minimum Gasteiger partial charge on any atom is -0.351 e. The molecule has 2 aromatic rings. The zero-order valence-electron chi connectivity index (χ0n) is 19.4. The second-order valence-corrected chi connectivity index (χ2v) is 10.4. The number of hydrogen-bond acceptors (Lipinski definition) is 6. The highest BCUT2D eigenvalue weighted by atomic mass is 32.2. The number of piperidine rings is 1. The zero-order valence-corrected chi connectivity index (χ0v) is 20.2. The molecule has 12 heteroatoms. The number of nitro benzene ring substituents is 1. The van der Waals surface area contributed by atoms with Crippen LogP contribution in [0.1, 0.15) is 39.9 Å². The van der Waals surface area contributed by atoms with Crippen molar-refractivity contribution in [2.75, 3.05) is 18.8 Å². The van der Waals surface area contributed by atoms with Gasteiger partial charge in [0.1, 0.15) is 0 Å². The highest BCUT2D eigenvalue weighted by Gasteiger charge is 2.44. The molecule has 2 saturated heterocycles. The standard InChI is InChI=1S/C24H25F3N4O4S/c1-15-5-6-17(12-20(15)31(34)35)22(33)30-9-7-23(8-10-30)29-19(14-36-23)21(32)28-13-16-3-2-4-18(11-16)24(25,26)27/h2-6,11-12,19,29H,7-10,13-14H2,1H3,(H,28,32). The number of amides is 2. The number of likely N-dealkylation sites (tertiary alicyclic amines) is 1. The van der Waals surface area contributed by atoms with Crippen LogP contribution in [0.25, 0.3) is 0 Å². The Morgan fingerprint density at radius 3 is 2.61 bits per heavy atom. The maximum atomic E-state index is 12.9. The number of thioether (sulfide) groups is 1. The summed E-state index contributed by atoms with van der Waals surface area (Å²) in [4.78, 5) is 37.6. The minimum absolute atomic E-state index is 0.0104. The van der Waals surface area contributed by atoms with Gasteiger partial charge < -0.3 is 10.2 Å². The predicted octanol–water partition coefficient (Wildman–Crippen LogP) is 3.88. The van der Waals surface area contributed by atoms with E-state index < -0.39 is 22.7 Å². The molecule has 0 bridgehead atoms. The fourth-order valence-corrected chi connectivity index (χ4v) is 5.85. The van der Waals surface area contributed by atoms with Gasteiger partial charge in [0.25, 0.3) is 11.6 Å². The number of hydrogen-bond donors (Lipinski definition) is 2. The molecule has 2 aliphatic rings. The van der Waals surface area contributed by atoms with E-state index >= 15 is 0 Å². The summed E-state index contributed by atoms with van der Waals surface area (Å²) in [6.45, 7) is 2.47. The summed E-state index contributed by atoms with van der Waals surface area (Å²) >= 11 is 1.60. The van der Waals surface area contributed by atoms with Gasteiger partial charge >= 0.3 is 6.18 Å². The summed E-state index contributed by atoms with van der Waals surface area (Å²) < 4.78 is 38.7. The molecule has 0 aliphatic carbocycles. The van der Waals surface area contributed by atoms with Crippen LogP contribution in [0.3, 0.4) is 0 Å². The Morgan fingerprint density at radius 1 is 1.22 bits per heavy atom. The lowest BCUT2D eigenvalue weighted by molar-refractivity contribution is -0.385. The topological polar surface area (TPSA) is 105 Å². The Kier molecular flexibility index (Phi) is 7.28. The molecule has 1 unspecified atom stereocenters. The van der Waals surface area contributed by atoms with Crippen molar-refractivity contribution in [1.82, 2.24) is 15.5 Å². The van der Waals surface area contributed by atoms with Crippen molar-refractivity contribution >= 4 is 29.3 Å².